The molecule has 1 aromatic rings. The number of anilines is 1. The average molecular weight is 229 g/mol. The molecule has 1 aliphatic rings. The maximum atomic E-state index is 9.44. The van der Waals surface area contributed by atoms with Crippen molar-refractivity contribution in [3.63, 3.8) is 0 Å². The van der Waals surface area contributed by atoms with Crippen LogP contribution in [0.4, 0.5) is 5.69 Å². The van der Waals surface area contributed by atoms with Gasteiger partial charge in [0.25, 0.3) is 0 Å². The molecule has 0 spiro atoms. The van der Waals surface area contributed by atoms with Crippen LogP contribution in [0.3, 0.4) is 0 Å². The maximum Gasteiger partial charge on any atom is 0.138 e. The first kappa shape index (κ1) is 11.9. The molecule has 1 heterocycles. The van der Waals surface area contributed by atoms with Crippen molar-refractivity contribution in [2.75, 3.05) is 25.5 Å². The fourth-order valence-electron chi connectivity index (χ4n) is 2.40. The minimum Gasteiger partial charge on any atom is -0.366 e. The number of nitrogens with zero attached hydrogens (tertiary/aromatic N) is 2. The SMILES string of the molecule is Cc1ccc(NC2(C#N)CCCN(C)C2)cc1. The topological polar surface area (TPSA) is 39.1 Å². The summed E-state index contributed by atoms with van der Waals surface area (Å²) in [5.41, 5.74) is 1.84. The number of piperidine rings is 1. The van der Waals surface area contributed by atoms with Crippen molar-refractivity contribution >= 4 is 5.69 Å². The summed E-state index contributed by atoms with van der Waals surface area (Å²) < 4.78 is 0. The summed E-state index contributed by atoms with van der Waals surface area (Å²) in [5.74, 6) is 0. The lowest BCUT2D eigenvalue weighted by molar-refractivity contribution is 0.227. The van der Waals surface area contributed by atoms with Crippen LogP contribution in [0.5, 0.6) is 0 Å². The fourth-order valence-corrected chi connectivity index (χ4v) is 2.40. The highest BCUT2D eigenvalue weighted by atomic mass is 15.2. The van der Waals surface area contributed by atoms with Gasteiger partial charge in [0.15, 0.2) is 0 Å². The normalized spacial score (nSPS) is 25.2. The quantitative estimate of drug-likeness (QED) is 0.846. The predicted molar refractivity (Wildman–Crippen MR) is 69.9 cm³/mol. The number of likely N-dealkylation sites (tertiary alicyclic amines) is 1. The van der Waals surface area contributed by atoms with Gasteiger partial charge in [-0.1, -0.05) is 17.7 Å². The van der Waals surface area contributed by atoms with E-state index in [1.54, 1.807) is 0 Å². The molecule has 3 nitrogen and oxygen atoms in total. The summed E-state index contributed by atoms with van der Waals surface area (Å²) in [5, 5.41) is 12.8. The van der Waals surface area contributed by atoms with Crippen LogP contribution in [-0.4, -0.2) is 30.6 Å². The van der Waals surface area contributed by atoms with Crippen LogP contribution >= 0.6 is 0 Å². The monoisotopic (exact) mass is 229 g/mol. The standard InChI is InChI=1S/C14H19N3/c1-12-4-6-13(7-5-12)16-14(10-15)8-3-9-17(2)11-14/h4-7,16H,3,8-9,11H2,1-2H3. The first-order chi connectivity index (χ1) is 8.13. The average Bonchev–Trinajstić information content (AvgIpc) is 2.32. The van der Waals surface area contributed by atoms with Gasteiger partial charge in [-0.15, -0.1) is 0 Å². The lowest BCUT2D eigenvalue weighted by atomic mass is 9.90. The minimum absolute atomic E-state index is 0.428. The van der Waals surface area contributed by atoms with E-state index in [0.29, 0.717) is 0 Å². The molecule has 0 aromatic heterocycles. The Morgan fingerprint density at radius 2 is 2.06 bits per heavy atom. The molecular formula is C14H19N3. The Bertz CT molecular complexity index is 418. The molecule has 1 fully saturated rings. The first-order valence-electron chi connectivity index (χ1n) is 6.08. The highest BCUT2D eigenvalue weighted by Gasteiger charge is 2.34. The highest BCUT2D eigenvalue weighted by Crippen LogP contribution is 2.24. The zero-order chi connectivity index (χ0) is 12.3. The number of rotatable bonds is 2. The van der Waals surface area contributed by atoms with Gasteiger partial charge in [-0.2, -0.15) is 5.26 Å². The Hall–Kier alpha value is -1.53. The Labute approximate surface area is 103 Å². The molecule has 1 atom stereocenters. The first-order valence-corrected chi connectivity index (χ1v) is 6.08. The third-order valence-electron chi connectivity index (χ3n) is 3.33. The Kier molecular flexibility index (Phi) is 3.35. The molecule has 0 amide bonds. The summed E-state index contributed by atoms with van der Waals surface area (Å²) in [6.07, 6.45) is 1.99. The van der Waals surface area contributed by atoms with Crippen molar-refractivity contribution in [2.24, 2.45) is 0 Å². The van der Waals surface area contributed by atoms with E-state index in [0.717, 1.165) is 31.6 Å². The highest BCUT2D eigenvalue weighted by molar-refractivity contribution is 5.49. The van der Waals surface area contributed by atoms with Gasteiger partial charge in [-0.25, -0.2) is 0 Å². The van der Waals surface area contributed by atoms with Gasteiger partial charge in [0, 0.05) is 12.2 Å². The minimum atomic E-state index is -0.428. The number of hydrogen-bond acceptors (Lipinski definition) is 3. The van der Waals surface area contributed by atoms with E-state index in [4.69, 9.17) is 0 Å². The van der Waals surface area contributed by atoms with Crippen molar-refractivity contribution in [3.05, 3.63) is 29.8 Å². The second-order valence-corrected chi connectivity index (χ2v) is 5.03. The summed E-state index contributed by atoms with van der Waals surface area (Å²) in [6.45, 7) is 3.94. The lowest BCUT2D eigenvalue weighted by Gasteiger charge is -2.37. The summed E-state index contributed by atoms with van der Waals surface area (Å²) in [7, 11) is 2.07. The van der Waals surface area contributed by atoms with Gasteiger partial charge in [0.1, 0.15) is 5.54 Å². The van der Waals surface area contributed by atoms with Crippen LogP contribution < -0.4 is 5.32 Å². The van der Waals surface area contributed by atoms with Crippen LogP contribution in [0.15, 0.2) is 24.3 Å². The van der Waals surface area contributed by atoms with E-state index in [1.165, 1.54) is 5.56 Å². The Morgan fingerprint density at radius 3 is 2.65 bits per heavy atom. The molecule has 3 heteroatoms. The van der Waals surface area contributed by atoms with Gasteiger partial charge in [-0.05, 0) is 45.5 Å². The molecular weight excluding hydrogens is 210 g/mol. The third-order valence-corrected chi connectivity index (χ3v) is 3.33. The number of nitriles is 1. The molecule has 0 aliphatic carbocycles. The Balaban J connectivity index is 2.14. The van der Waals surface area contributed by atoms with E-state index in [9.17, 15) is 5.26 Å². The van der Waals surface area contributed by atoms with Crippen LogP contribution in [0, 0.1) is 18.3 Å². The Morgan fingerprint density at radius 1 is 1.35 bits per heavy atom. The largest absolute Gasteiger partial charge is 0.366 e. The number of aryl methyl sites for hydroxylation is 1. The van der Waals surface area contributed by atoms with E-state index < -0.39 is 5.54 Å². The molecule has 2 rings (SSSR count). The van der Waals surface area contributed by atoms with E-state index in [2.05, 4.69) is 42.4 Å². The second-order valence-electron chi connectivity index (χ2n) is 5.03. The lowest BCUT2D eigenvalue weighted by Crippen LogP contribution is -2.50. The summed E-state index contributed by atoms with van der Waals surface area (Å²) in [6, 6.07) is 10.7. The van der Waals surface area contributed by atoms with Crippen LogP contribution in [0.25, 0.3) is 0 Å². The van der Waals surface area contributed by atoms with Crippen molar-refractivity contribution in [1.29, 1.82) is 5.26 Å². The molecule has 1 saturated heterocycles. The van der Waals surface area contributed by atoms with Crippen molar-refractivity contribution < 1.29 is 0 Å². The summed E-state index contributed by atoms with van der Waals surface area (Å²) in [4.78, 5) is 2.22. The third kappa shape index (κ3) is 2.78. The number of likely N-dealkylation sites (N-methyl/N-ethyl adjacent to an activating group) is 1. The smallest absolute Gasteiger partial charge is 0.138 e. The van der Waals surface area contributed by atoms with E-state index in [1.807, 2.05) is 12.1 Å². The fraction of sp³-hybridized carbons (Fsp3) is 0.500. The molecule has 90 valence electrons. The molecule has 0 bridgehead atoms. The maximum absolute atomic E-state index is 9.44. The van der Waals surface area contributed by atoms with Gasteiger partial charge >= 0.3 is 0 Å². The number of hydrogen-bond donors (Lipinski definition) is 1. The number of nitrogens with one attached hydrogen (secondary N) is 1. The number of benzene rings is 1. The van der Waals surface area contributed by atoms with Crippen LogP contribution in [0.1, 0.15) is 18.4 Å². The van der Waals surface area contributed by atoms with Crippen LogP contribution in [0.2, 0.25) is 0 Å². The van der Waals surface area contributed by atoms with Crippen LogP contribution in [-0.2, 0) is 0 Å². The molecule has 0 radical (unpaired) electrons. The van der Waals surface area contributed by atoms with Crippen molar-refractivity contribution in [1.82, 2.24) is 4.90 Å². The predicted octanol–water partition coefficient (Wildman–Crippen LogP) is 2.39. The van der Waals surface area contributed by atoms with Gasteiger partial charge in [0.05, 0.1) is 6.07 Å². The molecule has 0 saturated carbocycles. The van der Waals surface area contributed by atoms with Gasteiger partial charge in [-0.3, -0.25) is 0 Å². The van der Waals surface area contributed by atoms with E-state index in [-0.39, 0.29) is 0 Å². The molecule has 1 aliphatic heterocycles. The van der Waals surface area contributed by atoms with E-state index >= 15 is 0 Å². The van der Waals surface area contributed by atoms with Crippen molar-refractivity contribution in [2.45, 2.75) is 25.3 Å². The van der Waals surface area contributed by atoms with Gasteiger partial charge in [0.2, 0.25) is 0 Å². The molecule has 1 unspecified atom stereocenters. The molecule has 1 aromatic carbocycles. The molecule has 17 heavy (non-hydrogen) atoms. The molecule has 1 N–H and O–H groups in total. The summed E-state index contributed by atoms with van der Waals surface area (Å²) >= 11 is 0. The van der Waals surface area contributed by atoms with Crippen molar-refractivity contribution in [3.8, 4) is 6.07 Å². The zero-order valence-corrected chi connectivity index (χ0v) is 10.5. The second kappa shape index (κ2) is 4.77. The van der Waals surface area contributed by atoms with Gasteiger partial charge < -0.3 is 10.2 Å². The zero-order valence-electron chi connectivity index (χ0n) is 10.5.